The van der Waals surface area contributed by atoms with E-state index in [0.29, 0.717) is 5.16 Å². The molecule has 0 bridgehead atoms. The summed E-state index contributed by atoms with van der Waals surface area (Å²) in [7, 11) is 0. The third-order valence-electron chi connectivity index (χ3n) is 3.74. The van der Waals surface area contributed by atoms with Gasteiger partial charge in [-0.2, -0.15) is 4.68 Å². The minimum absolute atomic E-state index is 0.0157. The molecule has 0 aliphatic rings. The van der Waals surface area contributed by atoms with E-state index >= 15 is 0 Å². The van der Waals surface area contributed by atoms with Gasteiger partial charge < -0.3 is 10.1 Å². The summed E-state index contributed by atoms with van der Waals surface area (Å²) >= 11 is 1.16. The average Bonchev–Trinajstić information content (AvgIpc) is 3.08. The molecule has 0 saturated carbocycles. The smallest absolute Gasteiger partial charge is 0.316 e. The quantitative estimate of drug-likeness (QED) is 0.553. The predicted molar refractivity (Wildman–Crippen MR) is 98.2 cm³/mol. The number of esters is 1. The molecule has 1 aromatic heterocycles. The Morgan fingerprint density at radius 2 is 2.12 bits per heavy atom. The lowest BCUT2D eigenvalue weighted by Gasteiger charge is -2.11. The predicted octanol–water partition coefficient (Wildman–Crippen LogP) is 1.83. The number of amides is 1. The third-order valence-corrected chi connectivity index (χ3v) is 4.63. The highest BCUT2D eigenvalue weighted by Gasteiger charge is 2.15. The monoisotopic (exact) mass is 377 g/mol. The van der Waals surface area contributed by atoms with E-state index in [1.54, 1.807) is 4.68 Å². The fraction of sp³-hybridized carbons (Fsp3) is 0.471. The molecule has 1 N–H and O–H groups in total. The number of aromatic nitrogens is 4. The van der Waals surface area contributed by atoms with Gasteiger partial charge in [0.25, 0.3) is 5.91 Å². The highest BCUT2D eigenvalue weighted by molar-refractivity contribution is 7.99. The first-order valence-electron chi connectivity index (χ1n) is 8.34. The zero-order valence-electron chi connectivity index (χ0n) is 15.4. The summed E-state index contributed by atoms with van der Waals surface area (Å²) in [4.78, 5) is 23.5. The zero-order chi connectivity index (χ0) is 19.1. The third kappa shape index (κ3) is 5.55. The first-order chi connectivity index (χ1) is 12.4. The first-order valence-corrected chi connectivity index (χ1v) is 9.33. The Labute approximate surface area is 156 Å². The van der Waals surface area contributed by atoms with Crippen molar-refractivity contribution in [3.8, 4) is 5.69 Å². The number of rotatable bonds is 8. The maximum atomic E-state index is 11.9. The molecule has 1 unspecified atom stereocenters. The lowest BCUT2D eigenvalue weighted by molar-refractivity contribution is -0.146. The molecular weight excluding hydrogens is 354 g/mol. The van der Waals surface area contributed by atoms with Crippen molar-refractivity contribution in [2.45, 2.75) is 45.3 Å². The van der Waals surface area contributed by atoms with Crippen molar-refractivity contribution in [2.75, 3.05) is 12.4 Å². The summed E-state index contributed by atoms with van der Waals surface area (Å²) in [5, 5.41) is 14.9. The standard InChI is InChI=1S/C17H23N5O3S/c1-5-13(4)18-15(23)9-25-16(24)10-26-17-19-20-21-22(17)14-8-11(2)6-7-12(14)3/h6-8,13H,5,9-10H2,1-4H3,(H,18,23). The van der Waals surface area contributed by atoms with Crippen LogP contribution in [-0.4, -0.2) is 50.5 Å². The molecule has 0 fully saturated rings. The van der Waals surface area contributed by atoms with E-state index in [0.717, 1.165) is 35.0 Å². The van der Waals surface area contributed by atoms with E-state index in [2.05, 4.69) is 20.8 Å². The van der Waals surface area contributed by atoms with Crippen molar-refractivity contribution in [1.82, 2.24) is 25.5 Å². The normalized spacial score (nSPS) is 11.8. The Morgan fingerprint density at radius 3 is 2.85 bits per heavy atom. The molecule has 140 valence electrons. The van der Waals surface area contributed by atoms with Crippen molar-refractivity contribution in [2.24, 2.45) is 0 Å². The lowest BCUT2D eigenvalue weighted by Crippen LogP contribution is -2.35. The summed E-state index contributed by atoms with van der Waals surface area (Å²) in [6.45, 7) is 7.53. The number of carbonyl (C=O) groups is 2. The van der Waals surface area contributed by atoms with Crippen LogP contribution in [0, 0.1) is 13.8 Å². The second kappa shape index (κ2) is 9.33. The Morgan fingerprint density at radius 1 is 1.35 bits per heavy atom. The maximum absolute atomic E-state index is 11.9. The van der Waals surface area contributed by atoms with Crippen LogP contribution < -0.4 is 5.32 Å². The molecule has 0 radical (unpaired) electrons. The number of nitrogens with one attached hydrogen (secondary N) is 1. The summed E-state index contributed by atoms with van der Waals surface area (Å²) in [6, 6.07) is 6.04. The van der Waals surface area contributed by atoms with Gasteiger partial charge in [-0.15, -0.1) is 5.10 Å². The molecule has 26 heavy (non-hydrogen) atoms. The van der Waals surface area contributed by atoms with E-state index in [-0.39, 0.29) is 24.3 Å². The number of benzene rings is 1. The number of nitrogens with zero attached hydrogens (tertiary/aromatic N) is 4. The van der Waals surface area contributed by atoms with Gasteiger partial charge in [0.15, 0.2) is 6.61 Å². The second-order valence-electron chi connectivity index (χ2n) is 5.99. The van der Waals surface area contributed by atoms with Gasteiger partial charge >= 0.3 is 5.97 Å². The first kappa shape index (κ1) is 19.9. The minimum atomic E-state index is -0.496. The topological polar surface area (TPSA) is 99.0 Å². The van der Waals surface area contributed by atoms with Gasteiger partial charge in [-0.3, -0.25) is 9.59 Å². The fourth-order valence-electron chi connectivity index (χ4n) is 2.10. The molecule has 1 aromatic carbocycles. The molecule has 1 heterocycles. The van der Waals surface area contributed by atoms with Gasteiger partial charge in [0.05, 0.1) is 11.4 Å². The SMILES string of the molecule is CCC(C)NC(=O)COC(=O)CSc1nnnn1-c1cc(C)ccc1C. The van der Waals surface area contributed by atoms with Crippen molar-refractivity contribution in [3.63, 3.8) is 0 Å². The van der Waals surface area contributed by atoms with E-state index in [1.165, 1.54) is 0 Å². The number of hydrogen-bond acceptors (Lipinski definition) is 7. The molecule has 0 aliphatic carbocycles. The van der Waals surface area contributed by atoms with E-state index in [1.807, 2.05) is 45.9 Å². The van der Waals surface area contributed by atoms with Crippen LogP contribution in [-0.2, 0) is 14.3 Å². The number of aryl methyl sites for hydroxylation is 2. The van der Waals surface area contributed by atoms with Gasteiger partial charge in [0, 0.05) is 6.04 Å². The molecule has 9 heteroatoms. The molecule has 2 rings (SSSR count). The molecular formula is C17H23N5O3S. The van der Waals surface area contributed by atoms with Crippen LogP contribution in [0.2, 0.25) is 0 Å². The Kier molecular flexibility index (Phi) is 7.14. The fourth-order valence-corrected chi connectivity index (χ4v) is 2.78. The number of carbonyl (C=O) groups excluding carboxylic acids is 2. The van der Waals surface area contributed by atoms with Crippen LogP contribution in [0.4, 0.5) is 0 Å². The Bertz CT molecular complexity index is 778. The van der Waals surface area contributed by atoms with Crippen molar-refractivity contribution >= 4 is 23.6 Å². The molecule has 1 amide bonds. The summed E-state index contributed by atoms with van der Waals surface area (Å²) < 4.78 is 6.58. The van der Waals surface area contributed by atoms with Gasteiger partial charge in [0.2, 0.25) is 5.16 Å². The van der Waals surface area contributed by atoms with Crippen molar-refractivity contribution in [1.29, 1.82) is 0 Å². The molecule has 8 nitrogen and oxygen atoms in total. The number of tetrazole rings is 1. The van der Waals surface area contributed by atoms with Crippen LogP contribution in [0.3, 0.4) is 0 Å². The molecule has 0 aliphatic heterocycles. The Balaban J connectivity index is 1.91. The Hall–Kier alpha value is -2.42. The lowest BCUT2D eigenvalue weighted by atomic mass is 10.1. The number of hydrogen-bond donors (Lipinski definition) is 1. The molecule has 2 aromatic rings. The highest BCUT2D eigenvalue weighted by Crippen LogP contribution is 2.21. The number of thioether (sulfide) groups is 1. The van der Waals surface area contributed by atoms with Gasteiger partial charge in [-0.1, -0.05) is 30.8 Å². The molecule has 0 spiro atoms. The summed E-state index contributed by atoms with van der Waals surface area (Å²) in [5.74, 6) is -0.787. The molecule has 0 saturated heterocycles. The van der Waals surface area contributed by atoms with Crippen LogP contribution >= 0.6 is 11.8 Å². The van der Waals surface area contributed by atoms with Gasteiger partial charge in [-0.25, -0.2) is 0 Å². The average molecular weight is 377 g/mol. The molecule has 1 atom stereocenters. The van der Waals surface area contributed by atoms with Crippen molar-refractivity contribution < 1.29 is 14.3 Å². The van der Waals surface area contributed by atoms with E-state index < -0.39 is 5.97 Å². The largest absolute Gasteiger partial charge is 0.455 e. The second-order valence-corrected chi connectivity index (χ2v) is 6.93. The maximum Gasteiger partial charge on any atom is 0.316 e. The summed E-state index contributed by atoms with van der Waals surface area (Å²) in [6.07, 6.45) is 0.816. The van der Waals surface area contributed by atoms with Crippen molar-refractivity contribution in [3.05, 3.63) is 29.3 Å². The van der Waals surface area contributed by atoms with Crippen LogP contribution in [0.5, 0.6) is 0 Å². The van der Waals surface area contributed by atoms with E-state index in [9.17, 15) is 9.59 Å². The summed E-state index contributed by atoms with van der Waals surface area (Å²) in [5.41, 5.74) is 2.97. The minimum Gasteiger partial charge on any atom is -0.455 e. The number of ether oxygens (including phenoxy) is 1. The van der Waals surface area contributed by atoms with Crippen LogP contribution in [0.1, 0.15) is 31.4 Å². The zero-order valence-corrected chi connectivity index (χ0v) is 16.2. The van der Waals surface area contributed by atoms with Gasteiger partial charge in [0.1, 0.15) is 0 Å². The highest BCUT2D eigenvalue weighted by atomic mass is 32.2. The van der Waals surface area contributed by atoms with E-state index in [4.69, 9.17) is 4.74 Å². The van der Waals surface area contributed by atoms with Gasteiger partial charge in [-0.05, 0) is 54.8 Å². The van der Waals surface area contributed by atoms with Crippen LogP contribution in [0.25, 0.3) is 5.69 Å². The van der Waals surface area contributed by atoms with Crippen LogP contribution in [0.15, 0.2) is 23.4 Å².